The zero-order valence-corrected chi connectivity index (χ0v) is 6.98. The molecule has 0 aliphatic heterocycles. The Bertz CT molecular complexity index is 54.0. The summed E-state index contributed by atoms with van der Waals surface area (Å²) in [6.45, 7) is 5.56. The predicted octanol–water partition coefficient (Wildman–Crippen LogP) is 0.248. The SMILES string of the molecule is C=COC([SiH3])CC. The van der Waals surface area contributed by atoms with Gasteiger partial charge in [-0.15, -0.1) is 0 Å². The first-order chi connectivity index (χ1) is 3.31. The van der Waals surface area contributed by atoms with Gasteiger partial charge in [-0.05, 0) is 6.42 Å². The molecule has 0 aromatic rings. The van der Waals surface area contributed by atoms with Crippen molar-refractivity contribution in [1.29, 1.82) is 0 Å². The Morgan fingerprint density at radius 3 is 2.71 bits per heavy atom. The third kappa shape index (κ3) is 3.59. The van der Waals surface area contributed by atoms with E-state index < -0.39 is 0 Å². The summed E-state index contributed by atoms with van der Waals surface area (Å²) in [4.78, 5) is 0. The fourth-order valence-corrected chi connectivity index (χ4v) is 0.453. The third-order valence-corrected chi connectivity index (χ3v) is 1.99. The Labute approximate surface area is 47.8 Å². The molecule has 0 rings (SSSR count). The highest BCUT2D eigenvalue weighted by Crippen LogP contribution is 1.89. The smallest absolute Gasteiger partial charge is 0.0758 e. The van der Waals surface area contributed by atoms with Gasteiger partial charge in [-0.2, -0.15) is 0 Å². The Morgan fingerprint density at radius 1 is 2.00 bits per heavy atom. The second-order valence-electron chi connectivity index (χ2n) is 1.52. The molecule has 2 heteroatoms. The van der Waals surface area contributed by atoms with Crippen LogP contribution in [-0.2, 0) is 4.74 Å². The first kappa shape index (κ1) is 6.76. The van der Waals surface area contributed by atoms with Crippen molar-refractivity contribution in [3.05, 3.63) is 12.8 Å². The van der Waals surface area contributed by atoms with Gasteiger partial charge in [0, 0.05) is 0 Å². The zero-order chi connectivity index (χ0) is 5.70. The molecule has 0 fully saturated rings. The minimum Gasteiger partial charge on any atom is -0.503 e. The first-order valence-electron chi connectivity index (χ1n) is 2.57. The van der Waals surface area contributed by atoms with E-state index in [9.17, 15) is 0 Å². The molecule has 0 aromatic heterocycles. The molecule has 1 atom stereocenters. The van der Waals surface area contributed by atoms with Crippen LogP contribution in [0, 0.1) is 0 Å². The average Bonchev–Trinajstić information content (AvgIpc) is 1.68. The summed E-state index contributed by atoms with van der Waals surface area (Å²) in [5, 5.41) is 0. The first-order valence-corrected chi connectivity index (χ1v) is 3.73. The van der Waals surface area contributed by atoms with Gasteiger partial charge in [-0.3, -0.25) is 0 Å². The van der Waals surface area contributed by atoms with Crippen LogP contribution >= 0.6 is 0 Å². The van der Waals surface area contributed by atoms with Gasteiger partial charge in [-0.1, -0.05) is 13.5 Å². The molecule has 0 spiro atoms. The molecule has 0 bridgehead atoms. The fraction of sp³-hybridized carbons (Fsp3) is 0.600. The molecule has 0 saturated carbocycles. The molecule has 0 radical (unpaired) electrons. The van der Waals surface area contributed by atoms with Crippen LogP contribution < -0.4 is 0 Å². The van der Waals surface area contributed by atoms with Gasteiger partial charge in [0.2, 0.25) is 0 Å². The van der Waals surface area contributed by atoms with Crippen molar-refractivity contribution in [3.63, 3.8) is 0 Å². The van der Waals surface area contributed by atoms with Crippen LogP contribution in [0.15, 0.2) is 12.8 Å². The Kier molecular flexibility index (Phi) is 3.79. The van der Waals surface area contributed by atoms with E-state index >= 15 is 0 Å². The van der Waals surface area contributed by atoms with E-state index in [1.165, 1.54) is 6.26 Å². The number of hydrogen-bond donors (Lipinski definition) is 0. The third-order valence-electron chi connectivity index (χ3n) is 0.903. The summed E-state index contributed by atoms with van der Waals surface area (Å²) in [5.41, 5.74) is 0.470. The van der Waals surface area contributed by atoms with E-state index in [-0.39, 0.29) is 0 Å². The molecule has 1 nitrogen and oxygen atoms in total. The van der Waals surface area contributed by atoms with Crippen molar-refractivity contribution in [3.8, 4) is 0 Å². The maximum absolute atomic E-state index is 5.02. The fourth-order valence-electron chi connectivity index (χ4n) is 0.260. The molecule has 0 aliphatic rings. The van der Waals surface area contributed by atoms with E-state index in [4.69, 9.17) is 4.74 Å². The number of hydrogen-bond acceptors (Lipinski definition) is 1. The molecule has 0 aromatic carbocycles. The van der Waals surface area contributed by atoms with Crippen molar-refractivity contribution < 1.29 is 4.74 Å². The maximum Gasteiger partial charge on any atom is 0.0758 e. The molecular weight excluding hydrogens is 104 g/mol. The van der Waals surface area contributed by atoms with Crippen molar-refractivity contribution in [2.75, 3.05) is 0 Å². The molecule has 7 heavy (non-hydrogen) atoms. The van der Waals surface area contributed by atoms with Crippen molar-refractivity contribution >= 4 is 10.2 Å². The summed E-state index contributed by atoms with van der Waals surface area (Å²) in [6.07, 6.45) is 2.62. The molecule has 1 unspecified atom stereocenters. The van der Waals surface area contributed by atoms with Gasteiger partial charge in [0.25, 0.3) is 0 Å². The van der Waals surface area contributed by atoms with Crippen LogP contribution in [0.25, 0.3) is 0 Å². The van der Waals surface area contributed by atoms with Crippen LogP contribution in [0.4, 0.5) is 0 Å². The van der Waals surface area contributed by atoms with E-state index in [2.05, 4.69) is 13.5 Å². The minimum atomic E-state index is 0.470. The lowest BCUT2D eigenvalue weighted by atomic mass is 10.5. The van der Waals surface area contributed by atoms with Gasteiger partial charge >= 0.3 is 0 Å². The molecule has 0 amide bonds. The Balaban J connectivity index is 2.98. The highest BCUT2D eigenvalue weighted by atomic mass is 28.1. The zero-order valence-electron chi connectivity index (χ0n) is 4.98. The van der Waals surface area contributed by atoms with Crippen molar-refractivity contribution in [1.82, 2.24) is 0 Å². The quantitative estimate of drug-likeness (QED) is 0.379. The van der Waals surface area contributed by atoms with Crippen LogP contribution in [0.5, 0.6) is 0 Å². The van der Waals surface area contributed by atoms with Crippen LogP contribution in [-0.4, -0.2) is 16.0 Å². The average molecular weight is 116 g/mol. The molecule has 42 valence electrons. The number of ether oxygens (including phenoxy) is 1. The van der Waals surface area contributed by atoms with Gasteiger partial charge in [-0.25, -0.2) is 0 Å². The van der Waals surface area contributed by atoms with E-state index in [1.54, 1.807) is 0 Å². The topological polar surface area (TPSA) is 9.23 Å². The van der Waals surface area contributed by atoms with E-state index in [0.29, 0.717) is 5.73 Å². The normalized spacial score (nSPS) is 13.3. The molecular formula is C5H12OSi. The van der Waals surface area contributed by atoms with Crippen molar-refractivity contribution in [2.24, 2.45) is 0 Å². The highest BCUT2D eigenvalue weighted by molar-refractivity contribution is 6.10. The van der Waals surface area contributed by atoms with Crippen LogP contribution in [0.2, 0.25) is 0 Å². The highest BCUT2D eigenvalue weighted by Gasteiger charge is 1.90. The molecule has 0 heterocycles. The lowest BCUT2D eigenvalue weighted by molar-refractivity contribution is 0.212. The van der Waals surface area contributed by atoms with Gasteiger partial charge < -0.3 is 4.74 Å². The second-order valence-corrected chi connectivity index (χ2v) is 2.81. The van der Waals surface area contributed by atoms with E-state index in [1.807, 2.05) is 0 Å². The van der Waals surface area contributed by atoms with Gasteiger partial charge in [0.1, 0.15) is 0 Å². The maximum atomic E-state index is 5.02. The van der Waals surface area contributed by atoms with Crippen LogP contribution in [0.3, 0.4) is 0 Å². The lowest BCUT2D eigenvalue weighted by Gasteiger charge is -2.05. The number of rotatable bonds is 3. The Hall–Kier alpha value is -0.243. The summed E-state index contributed by atoms with van der Waals surface area (Å²) >= 11 is 0. The standard InChI is InChI=1S/C5H12OSi/c1-3-5(7)6-4-2/h4-5H,2-3H2,1,7H3. The summed E-state index contributed by atoms with van der Waals surface area (Å²) in [5.74, 6) is 0. The van der Waals surface area contributed by atoms with Crippen molar-refractivity contribution in [2.45, 2.75) is 19.1 Å². The molecule has 0 aliphatic carbocycles. The van der Waals surface area contributed by atoms with Gasteiger partial charge in [0.05, 0.1) is 22.2 Å². The molecule has 0 N–H and O–H groups in total. The second kappa shape index (κ2) is 3.93. The minimum absolute atomic E-state index is 0.470. The summed E-state index contributed by atoms with van der Waals surface area (Å²) < 4.78 is 5.02. The Morgan fingerprint density at radius 2 is 2.57 bits per heavy atom. The predicted molar refractivity (Wildman–Crippen MR) is 35.3 cm³/mol. The molecule has 0 saturated heterocycles. The summed E-state index contributed by atoms with van der Waals surface area (Å²) in [6, 6.07) is 0. The van der Waals surface area contributed by atoms with Gasteiger partial charge in [0.15, 0.2) is 0 Å². The van der Waals surface area contributed by atoms with E-state index in [0.717, 1.165) is 16.7 Å². The lowest BCUT2D eigenvalue weighted by Crippen LogP contribution is -2.05. The van der Waals surface area contributed by atoms with Crippen LogP contribution in [0.1, 0.15) is 13.3 Å². The largest absolute Gasteiger partial charge is 0.503 e. The monoisotopic (exact) mass is 116 g/mol. The summed E-state index contributed by atoms with van der Waals surface area (Å²) in [7, 11) is 1.11.